The molecule has 0 saturated heterocycles. The highest BCUT2D eigenvalue weighted by molar-refractivity contribution is 7.14. The van der Waals surface area contributed by atoms with Crippen LogP contribution in [0.2, 0.25) is 4.47 Å². The van der Waals surface area contributed by atoms with Crippen molar-refractivity contribution >= 4 is 28.8 Å². The second-order valence-corrected chi connectivity index (χ2v) is 4.20. The third-order valence-corrected chi connectivity index (χ3v) is 2.15. The van der Waals surface area contributed by atoms with E-state index in [9.17, 15) is 0 Å². The molecule has 62 valence electrons. The molecule has 1 rings (SSSR count). The van der Waals surface area contributed by atoms with Gasteiger partial charge in [-0.05, 0) is 5.92 Å². The standard InChI is InChI=1S/C7H11ClN2S/c1-5(2)3-9-6-4-11-7(8)10-6/h4-5,9H,3H2,1-2H3. The van der Waals surface area contributed by atoms with Crippen LogP contribution in [0.1, 0.15) is 13.8 Å². The summed E-state index contributed by atoms with van der Waals surface area (Å²) in [6, 6.07) is 0. The molecule has 1 N–H and O–H groups in total. The van der Waals surface area contributed by atoms with Gasteiger partial charge in [0.15, 0.2) is 4.47 Å². The summed E-state index contributed by atoms with van der Waals surface area (Å²) in [6.45, 7) is 5.25. The van der Waals surface area contributed by atoms with E-state index in [1.54, 1.807) is 0 Å². The van der Waals surface area contributed by atoms with Gasteiger partial charge in [-0.1, -0.05) is 25.4 Å². The highest BCUT2D eigenvalue weighted by Gasteiger charge is 1.98. The lowest BCUT2D eigenvalue weighted by Gasteiger charge is -2.04. The molecule has 0 radical (unpaired) electrons. The number of halogens is 1. The largest absolute Gasteiger partial charge is 0.369 e. The molecule has 4 heteroatoms. The van der Waals surface area contributed by atoms with E-state index in [1.807, 2.05) is 5.38 Å². The van der Waals surface area contributed by atoms with Crippen LogP contribution in [0.5, 0.6) is 0 Å². The van der Waals surface area contributed by atoms with Crippen LogP contribution in [0.15, 0.2) is 5.38 Å². The Morgan fingerprint density at radius 3 is 2.91 bits per heavy atom. The van der Waals surface area contributed by atoms with Crippen LogP contribution in [0, 0.1) is 5.92 Å². The molecular formula is C7H11ClN2S. The monoisotopic (exact) mass is 190 g/mol. The normalized spacial score (nSPS) is 10.5. The molecule has 2 nitrogen and oxygen atoms in total. The summed E-state index contributed by atoms with van der Waals surface area (Å²) in [5, 5.41) is 5.10. The molecule has 0 spiro atoms. The lowest BCUT2D eigenvalue weighted by molar-refractivity contribution is 0.687. The molecular weight excluding hydrogens is 180 g/mol. The minimum absolute atomic E-state index is 0.594. The van der Waals surface area contributed by atoms with Gasteiger partial charge in [0, 0.05) is 11.9 Å². The van der Waals surface area contributed by atoms with Gasteiger partial charge in [0.2, 0.25) is 0 Å². The Balaban J connectivity index is 2.39. The molecule has 1 aromatic rings. The number of aromatic nitrogens is 1. The zero-order valence-corrected chi connectivity index (χ0v) is 8.17. The number of hydrogen-bond donors (Lipinski definition) is 1. The molecule has 0 amide bonds. The second kappa shape index (κ2) is 3.93. The van der Waals surface area contributed by atoms with Crippen molar-refractivity contribution in [2.24, 2.45) is 5.92 Å². The minimum atomic E-state index is 0.594. The van der Waals surface area contributed by atoms with Crippen molar-refractivity contribution in [2.45, 2.75) is 13.8 Å². The second-order valence-electron chi connectivity index (χ2n) is 2.76. The van der Waals surface area contributed by atoms with Gasteiger partial charge in [0.25, 0.3) is 0 Å². The first-order chi connectivity index (χ1) is 5.18. The third-order valence-electron chi connectivity index (χ3n) is 1.17. The van der Waals surface area contributed by atoms with Gasteiger partial charge in [0.05, 0.1) is 0 Å². The van der Waals surface area contributed by atoms with Gasteiger partial charge < -0.3 is 5.32 Å². The van der Waals surface area contributed by atoms with Crippen LogP contribution in [0.4, 0.5) is 5.82 Å². The highest BCUT2D eigenvalue weighted by atomic mass is 35.5. The van der Waals surface area contributed by atoms with E-state index < -0.39 is 0 Å². The third kappa shape index (κ3) is 3.08. The van der Waals surface area contributed by atoms with Crippen LogP contribution in [-0.2, 0) is 0 Å². The van der Waals surface area contributed by atoms with Gasteiger partial charge in [-0.15, -0.1) is 11.3 Å². The first-order valence-corrected chi connectivity index (χ1v) is 4.79. The SMILES string of the molecule is CC(C)CNc1csc(Cl)n1. The van der Waals surface area contributed by atoms with Crippen LogP contribution in [0.3, 0.4) is 0 Å². The Morgan fingerprint density at radius 2 is 2.45 bits per heavy atom. The van der Waals surface area contributed by atoms with E-state index in [1.165, 1.54) is 11.3 Å². The van der Waals surface area contributed by atoms with Crippen molar-refractivity contribution in [2.75, 3.05) is 11.9 Å². The number of nitrogens with one attached hydrogen (secondary N) is 1. The predicted molar refractivity (Wildman–Crippen MR) is 50.5 cm³/mol. The van der Waals surface area contributed by atoms with E-state index in [0.717, 1.165) is 12.4 Å². The van der Waals surface area contributed by atoms with Crippen molar-refractivity contribution in [3.63, 3.8) is 0 Å². The number of anilines is 1. The van der Waals surface area contributed by atoms with Crippen molar-refractivity contribution in [1.82, 2.24) is 4.98 Å². The molecule has 0 aliphatic carbocycles. The lowest BCUT2D eigenvalue weighted by Crippen LogP contribution is -2.07. The Morgan fingerprint density at radius 1 is 1.73 bits per heavy atom. The zero-order chi connectivity index (χ0) is 8.27. The van der Waals surface area contributed by atoms with E-state index >= 15 is 0 Å². The molecule has 1 heterocycles. The van der Waals surface area contributed by atoms with Crippen molar-refractivity contribution < 1.29 is 0 Å². The molecule has 0 aliphatic heterocycles. The van der Waals surface area contributed by atoms with Crippen molar-refractivity contribution in [3.05, 3.63) is 9.85 Å². The molecule has 0 fully saturated rings. The summed E-state index contributed by atoms with van der Waals surface area (Å²) >= 11 is 7.09. The fourth-order valence-electron chi connectivity index (χ4n) is 0.642. The molecule has 0 atom stereocenters. The quantitative estimate of drug-likeness (QED) is 0.793. The fraction of sp³-hybridized carbons (Fsp3) is 0.571. The molecule has 11 heavy (non-hydrogen) atoms. The molecule has 0 aliphatic rings. The smallest absolute Gasteiger partial charge is 0.185 e. The van der Waals surface area contributed by atoms with Gasteiger partial charge in [-0.25, -0.2) is 4.98 Å². The Hall–Kier alpha value is -0.280. The summed E-state index contributed by atoms with van der Waals surface area (Å²) < 4.78 is 0.594. The molecule has 0 saturated carbocycles. The average molecular weight is 191 g/mol. The summed E-state index contributed by atoms with van der Waals surface area (Å²) in [5.74, 6) is 1.52. The topological polar surface area (TPSA) is 24.9 Å². The molecule has 0 aromatic carbocycles. The maximum Gasteiger partial charge on any atom is 0.185 e. The number of nitrogens with zero attached hydrogens (tertiary/aromatic N) is 1. The Labute approximate surface area is 75.6 Å². The van der Waals surface area contributed by atoms with E-state index in [2.05, 4.69) is 24.1 Å². The fourth-order valence-corrected chi connectivity index (χ4v) is 1.36. The van der Waals surface area contributed by atoms with Crippen LogP contribution in [0.25, 0.3) is 0 Å². The summed E-state index contributed by atoms with van der Waals surface area (Å²) in [5.41, 5.74) is 0. The van der Waals surface area contributed by atoms with Crippen LogP contribution >= 0.6 is 22.9 Å². The maximum absolute atomic E-state index is 5.64. The molecule has 0 bridgehead atoms. The van der Waals surface area contributed by atoms with E-state index in [0.29, 0.717) is 10.4 Å². The van der Waals surface area contributed by atoms with Crippen molar-refractivity contribution in [3.8, 4) is 0 Å². The van der Waals surface area contributed by atoms with Gasteiger partial charge in [-0.3, -0.25) is 0 Å². The van der Waals surface area contributed by atoms with Crippen LogP contribution in [-0.4, -0.2) is 11.5 Å². The summed E-state index contributed by atoms with van der Waals surface area (Å²) in [6.07, 6.45) is 0. The first-order valence-electron chi connectivity index (χ1n) is 3.53. The Kier molecular flexibility index (Phi) is 3.15. The maximum atomic E-state index is 5.64. The summed E-state index contributed by atoms with van der Waals surface area (Å²) in [7, 11) is 0. The first kappa shape index (κ1) is 8.81. The minimum Gasteiger partial charge on any atom is -0.369 e. The number of thiazole rings is 1. The molecule has 0 unspecified atom stereocenters. The Bertz CT molecular complexity index is 222. The van der Waals surface area contributed by atoms with Crippen LogP contribution < -0.4 is 5.32 Å². The number of hydrogen-bond acceptors (Lipinski definition) is 3. The van der Waals surface area contributed by atoms with E-state index in [-0.39, 0.29) is 0 Å². The predicted octanol–water partition coefficient (Wildman–Crippen LogP) is 2.86. The van der Waals surface area contributed by atoms with Crippen molar-refractivity contribution in [1.29, 1.82) is 0 Å². The van der Waals surface area contributed by atoms with Gasteiger partial charge in [0.1, 0.15) is 5.82 Å². The zero-order valence-electron chi connectivity index (χ0n) is 6.60. The van der Waals surface area contributed by atoms with Gasteiger partial charge in [-0.2, -0.15) is 0 Å². The molecule has 1 aromatic heterocycles. The summed E-state index contributed by atoms with van der Waals surface area (Å²) in [4.78, 5) is 4.06. The highest BCUT2D eigenvalue weighted by Crippen LogP contribution is 2.18. The van der Waals surface area contributed by atoms with E-state index in [4.69, 9.17) is 11.6 Å². The van der Waals surface area contributed by atoms with Gasteiger partial charge >= 0.3 is 0 Å². The lowest BCUT2D eigenvalue weighted by atomic mass is 10.2. The number of rotatable bonds is 3. The average Bonchev–Trinajstić information content (AvgIpc) is 2.31.